The molecule has 0 aromatic heterocycles. The summed E-state index contributed by atoms with van der Waals surface area (Å²) < 4.78 is 16.7. The number of aliphatic hydroxyl groups is 3. The average molecular weight is 507 g/mol. The van der Waals surface area contributed by atoms with E-state index in [0.29, 0.717) is 11.8 Å². The molecule has 0 fully saturated rings. The summed E-state index contributed by atoms with van der Waals surface area (Å²) in [6.07, 6.45) is 4.19. The van der Waals surface area contributed by atoms with E-state index in [1.165, 1.54) is 0 Å². The van der Waals surface area contributed by atoms with Crippen LogP contribution in [0, 0.1) is 11.8 Å². The smallest absolute Gasteiger partial charge is 0.399 e. The third kappa shape index (κ3) is 11.6. The van der Waals surface area contributed by atoms with Crippen LogP contribution in [0.2, 0.25) is 12.1 Å². The van der Waals surface area contributed by atoms with Crippen molar-refractivity contribution in [2.75, 3.05) is 51.5 Å². The molecule has 0 aliphatic rings. The van der Waals surface area contributed by atoms with E-state index in [0.717, 1.165) is 49.3 Å². The van der Waals surface area contributed by atoms with Crippen LogP contribution in [0.4, 0.5) is 0 Å². The molecule has 0 heterocycles. The van der Waals surface area contributed by atoms with Crippen molar-refractivity contribution in [2.45, 2.75) is 51.6 Å². The Morgan fingerprint density at radius 1 is 0.724 bits per heavy atom. The van der Waals surface area contributed by atoms with Gasteiger partial charge in [0, 0.05) is 57.6 Å². The van der Waals surface area contributed by atoms with E-state index >= 15 is 0 Å². The molecule has 0 rings (SSSR count). The zero-order chi connectivity index (χ0) is 22.2. The van der Waals surface area contributed by atoms with Gasteiger partial charge in [-0.2, -0.15) is 0 Å². The Morgan fingerprint density at radius 3 is 1.48 bits per heavy atom. The Morgan fingerprint density at radius 2 is 1.14 bits per heavy atom. The summed E-state index contributed by atoms with van der Waals surface area (Å²) in [6, 6.07) is 1.66. The van der Waals surface area contributed by atoms with Gasteiger partial charge in [-0.15, -0.1) is 0 Å². The maximum absolute atomic E-state index is 9.58. The first kappa shape index (κ1) is 30.2. The third-order valence-corrected chi connectivity index (χ3v) is 16.4. The fraction of sp³-hybridized carbons (Fsp3) is 1.00. The molecule has 0 bridgehead atoms. The van der Waals surface area contributed by atoms with Gasteiger partial charge in [0.05, 0.1) is 0 Å². The SMILES string of the molecule is CCC(CCSSSCCC(CC)C[Si](OC)(OC)OC)C[Si](CO)(CO)CO. The van der Waals surface area contributed by atoms with Crippen molar-refractivity contribution in [1.29, 1.82) is 0 Å². The van der Waals surface area contributed by atoms with Crippen LogP contribution in [0.1, 0.15) is 39.5 Å². The standard InChI is InChI=1S/C18H42O6S3Si2/c1-6-17(12-28(14-19,15-20)16-21)8-10-25-27-26-11-9-18(7-2)13-29(22-3,23-4)24-5/h17-21H,6-16H2,1-5H3. The maximum atomic E-state index is 9.58. The summed E-state index contributed by atoms with van der Waals surface area (Å²) in [5.41, 5.74) is 0. The van der Waals surface area contributed by atoms with Gasteiger partial charge in [0.2, 0.25) is 0 Å². The summed E-state index contributed by atoms with van der Waals surface area (Å²) >= 11 is 0. The molecule has 11 heteroatoms. The molecule has 2 unspecified atom stereocenters. The van der Waals surface area contributed by atoms with Gasteiger partial charge >= 0.3 is 8.80 Å². The van der Waals surface area contributed by atoms with Crippen LogP contribution in [0.25, 0.3) is 0 Å². The summed E-state index contributed by atoms with van der Waals surface area (Å²) in [5.74, 6) is 3.14. The van der Waals surface area contributed by atoms with Gasteiger partial charge in [-0.05, 0) is 40.5 Å². The monoisotopic (exact) mass is 506 g/mol. The van der Waals surface area contributed by atoms with E-state index in [-0.39, 0.29) is 18.7 Å². The molecule has 0 aromatic rings. The number of hydrogen-bond donors (Lipinski definition) is 3. The molecule has 0 saturated carbocycles. The Balaban J connectivity index is 4.11. The van der Waals surface area contributed by atoms with Crippen LogP contribution in [0.15, 0.2) is 0 Å². The lowest BCUT2D eigenvalue weighted by Gasteiger charge is -2.29. The van der Waals surface area contributed by atoms with Gasteiger partial charge in [0.25, 0.3) is 0 Å². The molecule has 29 heavy (non-hydrogen) atoms. The van der Waals surface area contributed by atoms with E-state index in [2.05, 4.69) is 13.8 Å². The third-order valence-electron chi connectivity index (χ3n) is 5.67. The largest absolute Gasteiger partial charge is 0.500 e. The zero-order valence-corrected chi connectivity index (χ0v) is 23.2. The highest BCUT2D eigenvalue weighted by molar-refractivity contribution is 9.09. The van der Waals surface area contributed by atoms with E-state index in [9.17, 15) is 15.3 Å². The first-order valence-electron chi connectivity index (χ1n) is 10.3. The van der Waals surface area contributed by atoms with Crippen LogP contribution in [-0.2, 0) is 13.3 Å². The number of aliphatic hydroxyl groups excluding tert-OH is 3. The molecule has 0 aliphatic carbocycles. The van der Waals surface area contributed by atoms with Crippen LogP contribution in [0.3, 0.4) is 0 Å². The molecule has 0 radical (unpaired) electrons. The highest BCUT2D eigenvalue weighted by Gasteiger charge is 2.39. The van der Waals surface area contributed by atoms with E-state index in [1.807, 2.05) is 31.4 Å². The Labute approximate surface area is 191 Å². The lowest BCUT2D eigenvalue weighted by Crippen LogP contribution is -2.49. The van der Waals surface area contributed by atoms with Crippen LogP contribution < -0.4 is 0 Å². The second-order valence-corrected chi connectivity index (χ2v) is 19.3. The fourth-order valence-corrected chi connectivity index (χ4v) is 11.9. The minimum absolute atomic E-state index is 0.0355. The maximum Gasteiger partial charge on any atom is 0.500 e. The van der Waals surface area contributed by atoms with Crippen LogP contribution in [0.5, 0.6) is 0 Å². The molecule has 3 N–H and O–H groups in total. The summed E-state index contributed by atoms with van der Waals surface area (Å²) in [6.45, 7) is 4.35. The highest BCUT2D eigenvalue weighted by Crippen LogP contribution is 2.38. The molecule has 0 amide bonds. The second-order valence-electron chi connectivity index (χ2n) is 7.52. The van der Waals surface area contributed by atoms with Crippen molar-refractivity contribution < 1.29 is 28.6 Å². The van der Waals surface area contributed by atoms with Gasteiger partial charge in [0.15, 0.2) is 0 Å². The van der Waals surface area contributed by atoms with Gasteiger partial charge in [-0.25, -0.2) is 0 Å². The second kappa shape index (κ2) is 17.8. The van der Waals surface area contributed by atoms with Gasteiger partial charge in [-0.1, -0.05) is 48.3 Å². The summed E-state index contributed by atoms with van der Waals surface area (Å²) in [7, 11) is 5.81. The van der Waals surface area contributed by atoms with Crippen LogP contribution in [-0.4, -0.2) is 83.7 Å². The minimum atomic E-state index is -2.50. The van der Waals surface area contributed by atoms with Crippen molar-refractivity contribution in [3.8, 4) is 0 Å². The van der Waals surface area contributed by atoms with Crippen molar-refractivity contribution >= 4 is 48.3 Å². The molecule has 0 spiro atoms. The molecule has 2 atom stereocenters. The summed E-state index contributed by atoms with van der Waals surface area (Å²) in [5, 5.41) is 28.7. The predicted octanol–water partition coefficient (Wildman–Crippen LogP) is 3.77. The lowest BCUT2D eigenvalue weighted by molar-refractivity contribution is 0.117. The van der Waals surface area contributed by atoms with Crippen molar-refractivity contribution in [3.05, 3.63) is 0 Å². The fourth-order valence-electron chi connectivity index (χ4n) is 3.24. The normalized spacial score (nSPS) is 14.9. The van der Waals surface area contributed by atoms with Crippen molar-refractivity contribution in [2.24, 2.45) is 11.8 Å². The predicted molar refractivity (Wildman–Crippen MR) is 133 cm³/mol. The molecular weight excluding hydrogens is 465 g/mol. The van der Waals surface area contributed by atoms with Crippen molar-refractivity contribution in [1.82, 2.24) is 0 Å². The Bertz CT molecular complexity index is 340. The Kier molecular flexibility index (Phi) is 18.5. The molecule has 0 saturated heterocycles. The molecule has 6 nitrogen and oxygen atoms in total. The number of rotatable bonds is 20. The van der Waals surface area contributed by atoms with Crippen molar-refractivity contribution in [3.63, 3.8) is 0 Å². The van der Waals surface area contributed by atoms with Gasteiger partial charge < -0.3 is 28.6 Å². The molecule has 0 aliphatic heterocycles. The van der Waals surface area contributed by atoms with Gasteiger partial charge in [0.1, 0.15) is 8.07 Å². The van der Waals surface area contributed by atoms with E-state index in [4.69, 9.17) is 13.3 Å². The minimum Gasteiger partial charge on any atom is -0.399 e. The lowest BCUT2D eigenvalue weighted by atomic mass is 10.1. The number of hydrogen-bond acceptors (Lipinski definition) is 9. The molecule has 0 aromatic carbocycles. The van der Waals surface area contributed by atoms with E-state index < -0.39 is 16.9 Å². The zero-order valence-electron chi connectivity index (χ0n) is 18.7. The first-order chi connectivity index (χ1) is 13.9. The topological polar surface area (TPSA) is 88.4 Å². The molecule has 176 valence electrons. The van der Waals surface area contributed by atoms with Gasteiger partial charge in [-0.3, -0.25) is 0 Å². The highest BCUT2D eigenvalue weighted by atomic mass is 33.5. The average Bonchev–Trinajstić information content (AvgIpc) is 2.78. The summed E-state index contributed by atoms with van der Waals surface area (Å²) in [4.78, 5) is 0. The van der Waals surface area contributed by atoms with Crippen LogP contribution >= 0.6 is 31.4 Å². The quantitative estimate of drug-likeness (QED) is 0.130. The first-order valence-corrected chi connectivity index (χ1v) is 18.9. The molecular formula is C18H42O6S3Si2. The Hall–Kier alpha value is 1.24. The van der Waals surface area contributed by atoms with E-state index in [1.54, 1.807) is 21.3 Å².